The molecular formula is C15H23N3O. The highest BCUT2D eigenvalue weighted by atomic mass is 16.5. The normalized spacial score (nSPS) is 25.8. The SMILES string of the molecule is CC1CC(Oc2cc(C(=N)N)ccn2)CC(C)(C)C1. The maximum Gasteiger partial charge on any atom is 0.214 e. The van der Waals surface area contributed by atoms with Crippen LogP contribution in [0.4, 0.5) is 0 Å². The molecule has 2 rings (SSSR count). The minimum Gasteiger partial charge on any atom is -0.474 e. The van der Waals surface area contributed by atoms with E-state index >= 15 is 0 Å². The van der Waals surface area contributed by atoms with E-state index in [0.29, 0.717) is 22.8 Å². The summed E-state index contributed by atoms with van der Waals surface area (Å²) in [7, 11) is 0. The molecule has 1 fully saturated rings. The Bertz CT molecular complexity index is 470. The van der Waals surface area contributed by atoms with Gasteiger partial charge in [-0.25, -0.2) is 4.98 Å². The van der Waals surface area contributed by atoms with Crippen molar-refractivity contribution >= 4 is 5.84 Å². The molecular weight excluding hydrogens is 238 g/mol. The first-order chi connectivity index (χ1) is 8.85. The summed E-state index contributed by atoms with van der Waals surface area (Å²) in [6, 6.07) is 3.47. The third-order valence-corrected chi connectivity index (χ3v) is 3.68. The lowest BCUT2D eigenvalue weighted by molar-refractivity contribution is 0.0532. The standard InChI is InChI=1S/C15H23N3O/c1-10-6-12(9-15(2,3)8-10)19-13-7-11(14(16)17)4-5-18-13/h4-5,7,10,12H,6,8-9H2,1-3H3,(H3,16,17). The predicted octanol–water partition coefficient (Wildman–Crippen LogP) is 2.96. The fourth-order valence-electron chi connectivity index (χ4n) is 3.16. The molecule has 1 aromatic rings. The third-order valence-electron chi connectivity index (χ3n) is 3.68. The molecule has 3 N–H and O–H groups in total. The van der Waals surface area contributed by atoms with E-state index in [1.807, 2.05) is 0 Å². The van der Waals surface area contributed by atoms with Crippen LogP contribution in [0.1, 0.15) is 45.6 Å². The van der Waals surface area contributed by atoms with Gasteiger partial charge in [-0.05, 0) is 36.7 Å². The smallest absolute Gasteiger partial charge is 0.214 e. The van der Waals surface area contributed by atoms with Crippen molar-refractivity contribution in [3.05, 3.63) is 23.9 Å². The van der Waals surface area contributed by atoms with Crippen LogP contribution in [-0.2, 0) is 0 Å². The first-order valence-electron chi connectivity index (χ1n) is 6.83. The summed E-state index contributed by atoms with van der Waals surface area (Å²) in [6.45, 7) is 6.85. The zero-order valence-corrected chi connectivity index (χ0v) is 11.9. The second kappa shape index (κ2) is 5.19. The molecule has 0 bridgehead atoms. The molecule has 0 radical (unpaired) electrons. The molecule has 0 aromatic carbocycles. The highest BCUT2D eigenvalue weighted by Gasteiger charge is 2.33. The molecule has 0 spiro atoms. The third kappa shape index (κ3) is 3.69. The van der Waals surface area contributed by atoms with Gasteiger partial charge in [0.05, 0.1) is 0 Å². The fraction of sp³-hybridized carbons (Fsp3) is 0.600. The zero-order valence-electron chi connectivity index (χ0n) is 11.9. The maximum atomic E-state index is 7.44. The van der Waals surface area contributed by atoms with E-state index in [-0.39, 0.29) is 11.9 Å². The number of nitrogens with two attached hydrogens (primary N) is 1. The average Bonchev–Trinajstić information content (AvgIpc) is 2.26. The Morgan fingerprint density at radius 3 is 2.84 bits per heavy atom. The van der Waals surface area contributed by atoms with Gasteiger partial charge in [0, 0.05) is 17.8 Å². The summed E-state index contributed by atoms with van der Waals surface area (Å²) >= 11 is 0. The second-order valence-corrected chi connectivity index (χ2v) is 6.45. The second-order valence-electron chi connectivity index (χ2n) is 6.45. The number of hydrogen-bond acceptors (Lipinski definition) is 3. The van der Waals surface area contributed by atoms with Crippen molar-refractivity contribution in [1.82, 2.24) is 4.98 Å². The summed E-state index contributed by atoms with van der Waals surface area (Å²) in [6.07, 6.45) is 5.20. The Morgan fingerprint density at radius 2 is 2.21 bits per heavy atom. The van der Waals surface area contributed by atoms with Gasteiger partial charge >= 0.3 is 0 Å². The van der Waals surface area contributed by atoms with Crippen molar-refractivity contribution in [3.63, 3.8) is 0 Å². The minimum atomic E-state index is 0.0459. The van der Waals surface area contributed by atoms with Gasteiger partial charge < -0.3 is 10.5 Å². The van der Waals surface area contributed by atoms with Crippen LogP contribution in [0, 0.1) is 16.7 Å². The monoisotopic (exact) mass is 261 g/mol. The summed E-state index contributed by atoms with van der Waals surface area (Å²) in [5.41, 5.74) is 6.46. The van der Waals surface area contributed by atoms with Crippen LogP contribution in [0.25, 0.3) is 0 Å². The summed E-state index contributed by atoms with van der Waals surface area (Å²) in [5.74, 6) is 1.29. The molecule has 0 amide bonds. The van der Waals surface area contributed by atoms with Gasteiger partial charge in [0.25, 0.3) is 0 Å². The molecule has 0 aliphatic heterocycles. The Labute approximate surface area is 114 Å². The Hall–Kier alpha value is -1.58. The fourth-order valence-corrected chi connectivity index (χ4v) is 3.16. The van der Waals surface area contributed by atoms with Gasteiger partial charge in [-0.15, -0.1) is 0 Å². The van der Waals surface area contributed by atoms with E-state index in [9.17, 15) is 0 Å². The number of nitrogen functional groups attached to an aromatic ring is 1. The number of aromatic nitrogens is 1. The van der Waals surface area contributed by atoms with Crippen LogP contribution in [0.3, 0.4) is 0 Å². The summed E-state index contributed by atoms with van der Waals surface area (Å²) in [5, 5.41) is 7.44. The molecule has 1 saturated carbocycles. The Morgan fingerprint density at radius 1 is 1.47 bits per heavy atom. The van der Waals surface area contributed by atoms with Gasteiger partial charge in [0.15, 0.2) is 0 Å². The van der Waals surface area contributed by atoms with Gasteiger partial charge in [-0.2, -0.15) is 0 Å². The minimum absolute atomic E-state index is 0.0459. The van der Waals surface area contributed by atoms with Crippen molar-refractivity contribution in [3.8, 4) is 5.88 Å². The largest absolute Gasteiger partial charge is 0.474 e. The molecule has 4 heteroatoms. The lowest BCUT2D eigenvalue weighted by Gasteiger charge is -2.38. The number of ether oxygens (including phenoxy) is 1. The molecule has 1 aliphatic rings. The van der Waals surface area contributed by atoms with Crippen molar-refractivity contribution in [2.75, 3.05) is 0 Å². The molecule has 0 saturated heterocycles. The van der Waals surface area contributed by atoms with Crippen molar-refractivity contribution in [2.45, 2.75) is 46.1 Å². The van der Waals surface area contributed by atoms with E-state index in [4.69, 9.17) is 15.9 Å². The average molecular weight is 261 g/mol. The van der Waals surface area contributed by atoms with E-state index in [0.717, 1.165) is 12.8 Å². The Kier molecular flexibility index (Phi) is 3.78. The molecule has 2 unspecified atom stereocenters. The lowest BCUT2D eigenvalue weighted by atomic mass is 9.71. The van der Waals surface area contributed by atoms with Crippen molar-refractivity contribution in [2.24, 2.45) is 17.1 Å². The summed E-state index contributed by atoms with van der Waals surface area (Å²) < 4.78 is 5.99. The van der Waals surface area contributed by atoms with E-state index in [2.05, 4.69) is 25.8 Å². The van der Waals surface area contributed by atoms with Crippen LogP contribution in [0.15, 0.2) is 18.3 Å². The molecule has 1 heterocycles. The van der Waals surface area contributed by atoms with Crippen LogP contribution >= 0.6 is 0 Å². The van der Waals surface area contributed by atoms with E-state index in [1.54, 1.807) is 18.3 Å². The van der Waals surface area contributed by atoms with E-state index < -0.39 is 0 Å². The van der Waals surface area contributed by atoms with Crippen molar-refractivity contribution in [1.29, 1.82) is 5.41 Å². The molecule has 19 heavy (non-hydrogen) atoms. The molecule has 4 nitrogen and oxygen atoms in total. The van der Waals surface area contributed by atoms with Gasteiger partial charge in [0.1, 0.15) is 11.9 Å². The van der Waals surface area contributed by atoms with Gasteiger partial charge in [0.2, 0.25) is 5.88 Å². The van der Waals surface area contributed by atoms with E-state index in [1.165, 1.54) is 6.42 Å². The number of pyridine rings is 1. The molecule has 104 valence electrons. The lowest BCUT2D eigenvalue weighted by Crippen LogP contribution is -2.34. The van der Waals surface area contributed by atoms with Crippen LogP contribution < -0.4 is 10.5 Å². The highest BCUT2D eigenvalue weighted by Crippen LogP contribution is 2.39. The van der Waals surface area contributed by atoms with Crippen LogP contribution in [-0.4, -0.2) is 16.9 Å². The summed E-state index contributed by atoms with van der Waals surface area (Å²) in [4.78, 5) is 4.21. The number of nitrogens with zero attached hydrogens (tertiary/aromatic N) is 1. The first-order valence-corrected chi connectivity index (χ1v) is 6.83. The maximum absolute atomic E-state index is 7.44. The zero-order chi connectivity index (χ0) is 14.0. The quantitative estimate of drug-likeness (QED) is 0.649. The Balaban J connectivity index is 2.08. The van der Waals surface area contributed by atoms with Crippen molar-refractivity contribution < 1.29 is 4.74 Å². The number of rotatable bonds is 3. The molecule has 1 aromatic heterocycles. The first kappa shape index (κ1) is 13.8. The number of hydrogen-bond donors (Lipinski definition) is 2. The number of amidine groups is 1. The van der Waals surface area contributed by atoms with Gasteiger partial charge in [-0.3, -0.25) is 5.41 Å². The topological polar surface area (TPSA) is 72.0 Å². The van der Waals surface area contributed by atoms with Gasteiger partial charge in [-0.1, -0.05) is 20.8 Å². The molecule has 1 aliphatic carbocycles. The predicted molar refractivity (Wildman–Crippen MR) is 76.5 cm³/mol. The molecule has 2 atom stereocenters. The van der Waals surface area contributed by atoms with Crippen LogP contribution in [0.2, 0.25) is 0 Å². The highest BCUT2D eigenvalue weighted by molar-refractivity contribution is 5.95. The van der Waals surface area contributed by atoms with Crippen LogP contribution in [0.5, 0.6) is 5.88 Å². The number of nitrogens with one attached hydrogen (secondary N) is 1.